The van der Waals surface area contributed by atoms with Crippen molar-refractivity contribution in [2.75, 3.05) is 33.1 Å². The van der Waals surface area contributed by atoms with Gasteiger partial charge in [-0.2, -0.15) is 0 Å². The highest BCUT2D eigenvalue weighted by Gasteiger charge is 2.63. The summed E-state index contributed by atoms with van der Waals surface area (Å²) >= 11 is 0. The first kappa shape index (κ1) is 28.1. The van der Waals surface area contributed by atoms with E-state index in [9.17, 15) is 34.8 Å². The van der Waals surface area contributed by atoms with E-state index in [1.807, 2.05) is 49.3 Å². The third kappa shape index (κ3) is 4.13. The smallest absolute Gasteiger partial charge is 0.255 e. The maximum atomic E-state index is 14.1. The van der Waals surface area contributed by atoms with Crippen LogP contribution in [0.4, 0.5) is 5.69 Å². The Hall–Kier alpha value is -4.41. The van der Waals surface area contributed by atoms with Crippen molar-refractivity contribution in [1.29, 1.82) is 0 Å². The number of primary amides is 1. The van der Waals surface area contributed by atoms with Gasteiger partial charge in [0.2, 0.25) is 5.78 Å². The number of ketones is 2. The molecule has 0 spiro atoms. The van der Waals surface area contributed by atoms with Crippen LogP contribution in [0.25, 0.3) is 12.2 Å². The van der Waals surface area contributed by atoms with Gasteiger partial charge in [0, 0.05) is 36.8 Å². The second-order valence-electron chi connectivity index (χ2n) is 11.3. The van der Waals surface area contributed by atoms with Crippen LogP contribution in [0.5, 0.6) is 5.75 Å². The molecule has 0 aliphatic heterocycles. The van der Waals surface area contributed by atoms with Crippen LogP contribution in [0.15, 0.2) is 59.1 Å². The summed E-state index contributed by atoms with van der Waals surface area (Å²) in [5, 5.41) is 45.5. The number of nitrogens with two attached hydrogens (primary N) is 1. The van der Waals surface area contributed by atoms with E-state index in [0.717, 1.165) is 5.56 Å². The lowest BCUT2D eigenvalue weighted by atomic mass is 9.58. The quantitative estimate of drug-likeness (QED) is 0.273. The van der Waals surface area contributed by atoms with Gasteiger partial charge >= 0.3 is 0 Å². The molecule has 214 valence electrons. The van der Waals surface area contributed by atoms with E-state index in [2.05, 4.69) is 0 Å². The molecule has 0 radical (unpaired) electrons. The Balaban J connectivity index is 1.70. The van der Waals surface area contributed by atoms with Crippen molar-refractivity contribution >= 4 is 35.3 Å². The van der Waals surface area contributed by atoms with Crippen LogP contribution in [-0.2, 0) is 16.0 Å². The van der Waals surface area contributed by atoms with Crippen molar-refractivity contribution in [3.05, 3.63) is 81.3 Å². The number of Topliss-reactive ketones (excluding diaryl/α,β-unsaturated/α-hetero) is 2. The highest BCUT2D eigenvalue weighted by atomic mass is 16.3. The van der Waals surface area contributed by atoms with Crippen LogP contribution in [0.2, 0.25) is 0 Å². The molecule has 0 bridgehead atoms. The largest absolute Gasteiger partial charge is 0.510 e. The summed E-state index contributed by atoms with van der Waals surface area (Å²) in [5.41, 5.74) is 4.21. The second kappa shape index (κ2) is 9.90. The van der Waals surface area contributed by atoms with Crippen molar-refractivity contribution in [2.24, 2.45) is 17.6 Å². The summed E-state index contributed by atoms with van der Waals surface area (Å²) in [6.07, 6.45) is 3.75. The summed E-state index contributed by atoms with van der Waals surface area (Å²) < 4.78 is 0. The summed E-state index contributed by atoms with van der Waals surface area (Å²) in [6.45, 7) is 0. The lowest BCUT2D eigenvalue weighted by Gasteiger charge is -2.50. The minimum Gasteiger partial charge on any atom is -0.510 e. The Kier molecular flexibility index (Phi) is 6.79. The highest BCUT2D eigenvalue weighted by molar-refractivity contribution is 6.25. The van der Waals surface area contributed by atoms with Crippen LogP contribution in [0.1, 0.15) is 33.5 Å². The topological polar surface area (TPSA) is 165 Å². The number of fused-ring (bicyclic) bond motifs is 3. The van der Waals surface area contributed by atoms with E-state index in [1.165, 1.54) is 4.90 Å². The van der Waals surface area contributed by atoms with Gasteiger partial charge in [-0.25, -0.2) is 0 Å². The number of phenolic OH excluding ortho intramolecular Hbond substituents is 1. The molecule has 2 aromatic carbocycles. The summed E-state index contributed by atoms with van der Waals surface area (Å²) in [5.74, 6) is -6.70. The number of aliphatic hydroxyl groups excluding tert-OH is 2. The first-order valence-corrected chi connectivity index (χ1v) is 13.2. The number of carbonyl (C=O) groups excluding carboxylic acids is 3. The van der Waals surface area contributed by atoms with Crippen LogP contribution in [0.3, 0.4) is 0 Å². The van der Waals surface area contributed by atoms with Gasteiger partial charge in [-0.1, -0.05) is 42.5 Å². The van der Waals surface area contributed by atoms with Gasteiger partial charge in [0.15, 0.2) is 11.4 Å². The molecule has 0 aromatic heterocycles. The van der Waals surface area contributed by atoms with Gasteiger partial charge in [0.25, 0.3) is 5.91 Å². The van der Waals surface area contributed by atoms with Crippen LogP contribution in [0, 0.1) is 11.8 Å². The molecule has 0 fully saturated rings. The standard InChI is InChI=1S/C31H33N3O7/c1-33(2)20-14-16(11-10-15-8-6-5-7-9-15)25(35)22-18(20)12-17-13-19-24(34(3)4)27(37)23(30(32)40)29(39)31(19,41)28(38)21(17)26(22)36/h5-11,14,17,19,24,35,37-38,41H,12-13H2,1-4H3,(H2,32,40)/b11-10+/t17-,19-,24-,31-/m1/s1. The second-order valence-corrected chi connectivity index (χ2v) is 11.3. The van der Waals surface area contributed by atoms with Crippen molar-refractivity contribution in [1.82, 2.24) is 4.90 Å². The first-order valence-electron chi connectivity index (χ1n) is 13.2. The number of carbonyl (C=O) groups is 3. The van der Waals surface area contributed by atoms with Gasteiger partial charge in [-0.15, -0.1) is 0 Å². The van der Waals surface area contributed by atoms with Crippen molar-refractivity contribution in [2.45, 2.75) is 24.5 Å². The van der Waals surface area contributed by atoms with Gasteiger partial charge in [0.1, 0.15) is 22.8 Å². The molecule has 10 nitrogen and oxygen atoms in total. The summed E-state index contributed by atoms with van der Waals surface area (Å²) in [4.78, 5) is 43.1. The summed E-state index contributed by atoms with van der Waals surface area (Å²) in [6, 6.07) is 10.2. The lowest BCUT2D eigenvalue weighted by Crippen LogP contribution is -2.63. The van der Waals surface area contributed by atoms with Crippen LogP contribution < -0.4 is 10.6 Å². The molecule has 5 rings (SSSR count). The number of likely N-dealkylation sites (N-methyl/N-ethyl adjacent to an activating group) is 1. The number of rotatable bonds is 5. The molecule has 6 N–H and O–H groups in total. The fourth-order valence-corrected chi connectivity index (χ4v) is 6.60. The first-order chi connectivity index (χ1) is 19.3. The molecule has 4 atom stereocenters. The average Bonchev–Trinajstić information content (AvgIpc) is 2.90. The Bertz CT molecular complexity index is 1570. The van der Waals surface area contributed by atoms with E-state index >= 15 is 0 Å². The maximum absolute atomic E-state index is 14.1. The van der Waals surface area contributed by atoms with Gasteiger partial charge in [-0.3, -0.25) is 19.3 Å². The van der Waals surface area contributed by atoms with E-state index in [1.54, 1.807) is 32.3 Å². The minimum atomic E-state index is -2.67. The number of amides is 1. The van der Waals surface area contributed by atoms with Gasteiger partial charge < -0.3 is 31.1 Å². The van der Waals surface area contributed by atoms with Crippen molar-refractivity contribution in [3.8, 4) is 5.75 Å². The number of hydrogen-bond donors (Lipinski definition) is 5. The minimum absolute atomic E-state index is 0.0234. The number of benzene rings is 2. The average molecular weight is 560 g/mol. The normalized spacial score (nSPS) is 25.9. The predicted molar refractivity (Wildman–Crippen MR) is 153 cm³/mol. The summed E-state index contributed by atoms with van der Waals surface area (Å²) in [7, 11) is 6.83. The molecule has 3 aliphatic carbocycles. The molecular formula is C31H33N3O7. The number of aliphatic hydroxyl groups is 3. The van der Waals surface area contributed by atoms with Gasteiger partial charge in [-0.05, 0) is 50.0 Å². The fraction of sp³-hybridized carbons (Fsp3) is 0.323. The number of hydrogen-bond acceptors (Lipinski definition) is 9. The van der Waals surface area contributed by atoms with E-state index in [0.29, 0.717) is 16.8 Å². The molecule has 0 heterocycles. The highest BCUT2D eigenvalue weighted by Crippen LogP contribution is 2.53. The van der Waals surface area contributed by atoms with Crippen molar-refractivity contribution < 1.29 is 34.8 Å². The SMILES string of the molecule is CN(C)c1cc(/C=C/c2ccccc2)c(O)c2c1C[C@@H]1C[C@@H]3[C@@H](N(C)C)C(O)=C(C(N)=O)C(=O)[C@]3(O)C(O)=C1C2=O. The predicted octanol–water partition coefficient (Wildman–Crippen LogP) is 2.36. The Morgan fingerprint density at radius 3 is 2.29 bits per heavy atom. The zero-order chi connectivity index (χ0) is 30.0. The molecule has 41 heavy (non-hydrogen) atoms. The molecule has 1 amide bonds. The molecule has 0 saturated heterocycles. The zero-order valence-electron chi connectivity index (χ0n) is 23.3. The van der Waals surface area contributed by atoms with E-state index < -0.39 is 58.0 Å². The Morgan fingerprint density at radius 1 is 1.05 bits per heavy atom. The molecular weight excluding hydrogens is 526 g/mol. The Labute approximate surface area is 237 Å². The van der Waals surface area contributed by atoms with Gasteiger partial charge in [0.05, 0.1) is 11.6 Å². The molecule has 3 aliphatic rings. The monoisotopic (exact) mass is 559 g/mol. The molecule has 10 heteroatoms. The number of allylic oxidation sites excluding steroid dienone is 1. The number of phenols is 1. The third-order valence-corrected chi connectivity index (χ3v) is 8.47. The molecule has 0 unspecified atom stereocenters. The number of aromatic hydroxyl groups is 1. The van der Waals surface area contributed by atoms with Crippen molar-refractivity contribution in [3.63, 3.8) is 0 Å². The van der Waals surface area contributed by atoms with E-state index in [4.69, 9.17) is 5.73 Å². The molecule has 0 saturated carbocycles. The Morgan fingerprint density at radius 2 is 1.71 bits per heavy atom. The molecule has 2 aromatic rings. The maximum Gasteiger partial charge on any atom is 0.255 e. The zero-order valence-corrected chi connectivity index (χ0v) is 23.3. The van der Waals surface area contributed by atoms with Crippen LogP contribution >= 0.6 is 0 Å². The number of anilines is 1. The third-order valence-electron chi connectivity index (χ3n) is 8.47. The van der Waals surface area contributed by atoms with E-state index in [-0.39, 0.29) is 29.7 Å². The lowest BCUT2D eigenvalue weighted by molar-refractivity contribution is -0.148. The van der Waals surface area contributed by atoms with Crippen LogP contribution in [-0.4, -0.2) is 82.6 Å². The number of nitrogens with zero attached hydrogens (tertiary/aromatic N) is 2. The fourth-order valence-electron chi connectivity index (χ4n) is 6.60.